The first-order chi connectivity index (χ1) is 10.2. The Bertz CT molecular complexity index is 578. The van der Waals surface area contributed by atoms with Gasteiger partial charge in [0.2, 0.25) is 0 Å². The lowest BCUT2D eigenvalue weighted by molar-refractivity contribution is 0.703. The summed E-state index contributed by atoms with van der Waals surface area (Å²) in [7, 11) is 0. The number of nitrogens with zero attached hydrogens (tertiary/aromatic N) is 2. The summed E-state index contributed by atoms with van der Waals surface area (Å²) in [6.45, 7) is 8.52. The number of aromatic nitrogens is 1. The minimum atomic E-state index is 0.150. The van der Waals surface area contributed by atoms with Gasteiger partial charge >= 0.3 is 0 Å². The molecule has 114 valence electrons. The van der Waals surface area contributed by atoms with Crippen LogP contribution in [0.3, 0.4) is 0 Å². The Hall–Kier alpha value is -1.61. The highest BCUT2D eigenvalue weighted by Gasteiger charge is 2.14. The van der Waals surface area contributed by atoms with Gasteiger partial charge in [-0.15, -0.1) is 0 Å². The number of nitrogens with two attached hydrogens (primary N) is 1. The van der Waals surface area contributed by atoms with E-state index in [-0.39, 0.29) is 6.04 Å². The zero-order valence-electron chi connectivity index (χ0n) is 13.5. The molecule has 1 heterocycles. The Labute approximate surface area is 128 Å². The van der Waals surface area contributed by atoms with Gasteiger partial charge in [-0.2, -0.15) is 0 Å². The number of pyridine rings is 1. The van der Waals surface area contributed by atoms with E-state index in [9.17, 15) is 0 Å². The third-order valence-corrected chi connectivity index (χ3v) is 3.78. The van der Waals surface area contributed by atoms with Crippen molar-refractivity contribution < 1.29 is 0 Å². The lowest BCUT2D eigenvalue weighted by Gasteiger charge is -2.25. The van der Waals surface area contributed by atoms with Gasteiger partial charge in [0.05, 0.1) is 5.52 Å². The van der Waals surface area contributed by atoms with E-state index in [2.05, 4.69) is 49.9 Å². The fraction of sp³-hybridized carbons (Fsp3) is 0.500. The maximum absolute atomic E-state index is 6.03. The topological polar surface area (TPSA) is 42.2 Å². The second-order valence-corrected chi connectivity index (χ2v) is 5.78. The maximum atomic E-state index is 6.03. The molecule has 1 atom stereocenters. The van der Waals surface area contributed by atoms with Crippen molar-refractivity contribution in [2.45, 2.75) is 46.1 Å². The average molecular weight is 285 g/mol. The van der Waals surface area contributed by atoms with Crippen LogP contribution < -0.4 is 10.6 Å². The van der Waals surface area contributed by atoms with Crippen molar-refractivity contribution >= 4 is 16.7 Å². The maximum Gasteiger partial charge on any atom is 0.132 e. The number of rotatable bonds is 7. The highest BCUT2D eigenvalue weighted by atomic mass is 15.2. The summed E-state index contributed by atoms with van der Waals surface area (Å²) in [4.78, 5) is 7.31. The third-order valence-electron chi connectivity index (χ3n) is 3.78. The molecular weight excluding hydrogens is 258 g/mol. The number of unbranched alkanes of at least 4 members (excludes halogenated alkanes) is 1. The first-order valence-electron chi connectivity index (χ1n) is 8.04. The van der Waals surface area contributed by atoms with Crippen LogP contribution in [0.1, 0.15) is 39.2 Å². The van der Waals surface area contributed by atoms with Gasteiger partial charge in [-0.3, -0.25) is 0 Å². The molecule has 1 aromatic heterocycles. The molecule has 2 aromatic rings. The zero-order valence-corrected chi connectivity index (χ0v) is 13.5. The predicted octanol–water partition coefficient (Wildman–Crippen LogP) is 3.75. The lowest BCUT2D eigenvalue weighted by Crippen LogP contribution is -2.28. The molecule has 3 nitrogen and oxygen atoms in total. The normalized spacial score (nSPS) is 12.6. The molecule has 0 aliphatic rings. The molecule has 0 amide bonds. The minimum Gasteiger partial charge on any atom is -0.357 e. The van der Waals surface area contributed by atoms with Crippen LogP contribution in [0.15, 0.2) is 30.3 Å². The Balaban J connectivity index is 2.46. The van der Waals surface area contributed by atoms with Crippen LogP contribution in [0.4, 0.5) is 5.82 Å². The van der Waals surface area contributed by atoms with Crippen molar-refractivity contribution in [3.05, 3.63) is 35.9 Å². The van der Waals surface area contributed by atoms with Crippen LogP contribution in [0.5, 0.6) is 0 Å². The summed E-state index contributed by atoms with van der Waals surface area (Å²) in [6, 6.07) is 10.7. The molecule has 3 heteroatoms. The van der Waals surface area contributed by atoms with Crippen molar-refractivity contribution in [2.75, 3.05) is 18.0 Å². The third kappa shape index (κ3) is 3.94. The molecule has 2 rings (SSSR count). The number of para-hydroxylation sites is 1. The van der Waals surface area contributed by atoms with Crippen LogP contribution >= 0.6 is 0 Å². The minimum absolute atomic E-state index is 0.150. The molecule has 0 spiro atoms. The van der Waals surface area contributed by atoms with Crippen LogP contribution in [-0.4, -0.2) is 24.1 Å². The second-order valence-electron chi connectivity index (χ2n) is 5.78. The zero-order chi connectivity index (χ0) is 15.2. The van der Waals surface area contributed by atoms with Gasteiger partial charge < -0.3 is 10.6 Å². The standard InChI is InChI=1S/C18H27N3/c1-4-6-11-21(5-2)18-16(12-14(3)19)13-15-9-7-8-10-17(15)20-18/h7-10,13-14H,4-6,11-12,19H2,1-3H3. The Morgan fingerprint density at radius 2 is 2.00 bits per heavy atom. The van der Waals surface area contributed by atoms with E-state index in [0.717, 1.165) is 30.8 Å². The van der Waals surface area contributed by atoms with Crippen LogP contribution in [0.25, 0.3) is 10.9 Å². The molecule has 0 saturated heterocycles. The summed E-state index contributed by atoms with van der Waals surface area (Å²) in [5, 5.41) is 1.20. The van der Waals surface area contributed by atoms with Gasteiger partial charge in [-0.1, -0.05) is 31.5 Å². The molecule has 1 aromatic carbocycles. The highest BCUT2D eigenvalue weighted by molar-refractivity contribution is 5.81. The molecular formula is C18H27N3. The van der Waals surface area contributed by atoms with Crippen LogP contribution in [0.2, 0.25) is 0 Å². The van der Waals surface area contributed by atoms with E-state index >= 15 is 0 Å². The first-order valence-corrected chi connectivity index (χ1v) is 8.04. The van der Waals surface area contributed by atoms with Gasteiger partial charge in [0.15, 0.2) is 0 Å². The Morgan fingerprint density at radius 3 is 2.67 bits per heavy atom. The molecule has 21 heavy (non-hydrogen) atoms. The number of benzene rings is 1. The van der Waals surface area contributed by atoms with Crippen molar-refractivity contribution in [3.8, 4) is 0 Å². The van der Waals surface area contributed by atoms with Gasteiger partial charge in [0.25, 0.3) is 0 Å². The van der Waals surface area contributed by atoms with E-state index < -0.39 is 0 Å². The molecule has 0 aliphatic carbocycles. The van der Waals surface area contributed by atoms with Crippen molar-refractivity contribution in [3.63, 3.8) is 0 Å². The summed E-state index contributed by atoms with van der Waals surface area (Å²) >= 11 is 0. The average Bonchev–Trinajstić information content (AvgIpc) is 2.47. The summed E-state index contributed by atoms with van der Waals surface area (Å²) in [5.74, 6) is 1.11. The molecule has 0 bridgehead atoms. The van der Waals surface area contributed by atoms with Gasteiger partial charge in [0, 0.05) is 24.5 Å². The van der Waals surface area contributed by atoms with Gasteiger partial charge in [-0.25, -0.2) is 4.98 Å². The molecule has 0 saturated carbocycles. The summed E-state index contributed by atoms with van der Waals surface area (Å²) < 4.78 is 0. The monoisotopic (exact) mass is 285 g/mol. The molecule has 0 fully saturated rings. The molecule has 0 aliphatic heterocycles. The predicted molar refractivity (Wildman–Crippen MR) is 91.9 cm³/mol. The quantitative estimate of drug-likeness (QED) is 0.842. The second kappa shape index (κ2) is 7.41. The van der Waals surface area contributed by atoms with Gasteiger partial charge in [0.1, 0.15) is 5.82 Å². The van der Waals surface area contributed by atoms with E-state index in [1.54, 1.807) is 0 Å². The van der Waals surface area contributed by atoms with Crippen molar-refractivity contribution in [1.82, 2.24) is 4.98 Å². The summed E-state index contributed by atoms with van der Waals surface area (Å²) in [6.07, 6.45) is 3.27. The SMILES string of the molecule is CCCCN(CC)c1nc2ccccc2cc1CC(C)N. The van der Waals surface area contributed by atoms with E-state index in [0.29, 0.717) is 0 Å². The van der Waals surface area contributed by atoms with E-state index in [4.69, 9.17) is 10.7 Å². The fourth-order valence-corrected chi connectivity index (χ4v) is 2.68. The Kier molecular flexibility index (Phi) is 5.57. The summed E-state index contributed by atoms with van der Waals surface area (Å²) in [5.41, 5.74) is 8.36. The first kappa shape index (κ1) is 15.8. The van der Waals surface area contributed by atoms with Crippen LogP contribution in [-0.2, 0) is 6.42 Å². The number of fused-ring (bicyclic) bond motifs is 1. The largest absolute Gasteiger partial charge is 0.357 e. The number of hydrogen-bond donors (Lipinski definition) is 1. The van der Waals surface area contributed by atoms with E-state index in [1.807, 2.05) is 6.07 Å². The fourth-order valence-electron chi connectivity index (χ4n) is 2.68. The van der Waals surface area contributed by atoms with Crippen LogP contribution in [0, 0.1) is 0 Å². The van der Waals surface area contributed by atoms with Gasteiger partial charge in [-0.05, 0) is 44.4 Å². The van der Waals surface area contributed by atoms with Crippen molar-refractivity contribution in [1.29, 1.82) is 0 Å². The lowest BCUT2D eigenvalue weighted by atomic mass is 10.0. The van der Waals surface area contributed by atoms with E-state index in [1.165, 1.54) is 23.8 Å². The number of hydrogen-bond acceptors (Lipinski definition) is 3. The number of anilines is 1. The molecule has 0 radical (unpaired) electrons. The molecule has 1 unspecified atom stereocenters. The smallest absolute Gasteiger partial charge is 0.132 e. The Morgan fingerprint density at radius 1 is 1.24 bits per heavy atom. The van der Waals surface area contributed by atoms with Crippen molar-refractivity contribution in [2.24, 2.45) is 5.73 Å². The molecule has 2 N–H and O–H groups in total. The highest BCUT2D eigenvalue weighted by Crippen LogP contribution is 2.25.